The van der Waals surface area contributed by atoms with Crippen LogP contribution in [0.5, 0.6) is 0 Å². The van der Waals surface area contributed by atoms with E-state index < -0.39 is 11.7 Å². The molecule has 22 heavy (non-hydrogen) atoms. The highest BCUT2D eigenvalue weighted by molar-refractivity contribution is 9.61. The summed E-state index contributed by atoms with van der Waals surface area (Å²) in [7, 11) is 0. The molecule has 4 aliphatic heterocycles. The third-order valence-electron chi connectivity index (χ3n) is 3.07. The van der Waals surface area contributed by atoms with Crippen LogP contribution in [0.25, 0.3) is 0 Å². The standard InChI is InChI=1S/C8H6NO2P3S8/c10-9(11)7-3-1-2-6(4-7)8-5-12(15)20-13(16,18-8)22-14(17,19-8)21-12/h1-4H,5H2. The highest BCUT2D eigenvalue weighted by Crippen LogP contribution is 3.19. The van der Waals surface area contributed by atoms with Gasteiger partial charge in [0.05, 0.1) is 9.36 Å². The summed E-state index contributed by atoms with van der Waals surface area (Å²) < 4.78 is -5.30. The third kappa shape index (κ3) is 2.98. The second-order valence-corrected chi connectivity index (χ2v) is 46.6. The molecule has 0 N–H and O–H groups in total. The van der Waals surface area contributed by atoms with Gasteiger partial charge in [-0.25, -0.2) is 0 Å². The number of hydrogen-bond acceptors (Lipinski definition) is 10. The lowest BCUT2D eigenvalue weighted by molar-refractivity contribution is -0.384. The minimum absolute atomic E-state index is 0.132. The SMILES string of the molecule is O=[N+]([O-])c1cccc(C23CP4(=S)SP(=S)(S2)SP(=S)(S3)S4)c1. The Balaban J connectivity index is 1.90. The molecule has 4 fully saturated rings. The van der Waals surface area contributed by atoms with E-state index in [0.29, 0.717) is 0 Å². The van der Waals surface area contributed by atoms with Gasteiger partial charge in [0.2, 0.25) is 0 Å². The lowest BCUT2D eigenvalue weighted by Gasteiger charge is -2.57. The molecule has 0 aromatic heterocycles. The Bertz CT molecular complexity index is 775. The first-order chi connectivity index (χ1) is 10.2. The molecule has 0 radical (unpaired) electrons. The molecule has 0 aliphatic carbocycles. The number of nitrogens with zero attached hydrogens (tertiary/aromatic N) is 1. The van der Waals surface area contributed by atoms with E-state index in [9.17, 15) is 10.1 Å². The van der Waals surface area contributed by atoms with Crippen molar-refractivity contribution in [2.45, 2.75) is 4.08 Å². The lowest BCUT2D eigenvalue weighted by atomic mass is 10.1. The smallest absolute Gasteiger partial charge is 0.258 e. The molecule has 118 valence electrons. The Morgan fingerprint density at radius 3 is 2.32 bits per heavy atom. The summed E-state index contributed by atoms with van der Waals surface area (Å²) in [6.07, 6.45) is 0.887. The Morgan fingerprint density at radius 2 is 1.77 bits per heavy atom. The maximum absolute atomic E-state index is 11.1. The first kappa shape index (κ1) is 17.7. The van der Waals surface area contributed by atoms with Crippen molar-refractivity contribution in [1.29, 1.82) is 0 Å². The van der Waals surface area contributed by atoms with Crippen LogP contribution < -0.4 is 0 Å². The molecule has 4 aliphatic rings. The zero-order valence-electron chi connectivity index (χ0n) is 10.4. The van der Waals surface area contributed by atoms with Crippen LogP contribution in [0.1, 0.15) is 5.56 Å². The average Bonchev–Trinajstić information content (AvgIpc) is 2.33. The molecule has 0 amide bonds. The summed E-state index contributed by atoms with van der Waals surface area (Å²) in [6.45, 7) is 0. The Kier molecular flexibility index (Phi) is 4.56. The maximum atomic E-state index is 11.1. The number of nitro groups is 1. The fraction of sp³-hybridized carbons (Fsp3) is 0.250. The molecule has 5 rings (SSSR count). The molecule has 1 aromatic rings. The van der Waals surface area contributed by atoms with Crippen molar-refractivity contribution in [1.82, 2.24) is 0 Å². The molecule has 0 spiro atoms. The summed E-state index contributed by atoms with van der Waals surface area (Å²) in [5, 5.41) is 11.1. The van der Waals surface area contributed by atoms with E-state index >= 15 is 0 Å². The Labute approximate surface area is 162 Å². The number of nitro benzene ring substituents is 1. The first-order valence-electron chi connectivity index (χ1n) is 5.75. The minimum atomic E-state index is -1.71. The molecule has 3 nitrogen and oxygen atoms in total. The normalized spacial score (nSPS) is 45.8. The van der Waals surface area contributed by atoms with Gasteiger partial charge in [-0.3, -0.25) is 10.1 Å². The van der Waals surface area contributed by atoms with Crippen LogP contribution in [0.4, 0.5) is 5.69 Å². The van der Waals surface area contributed by atoms with Gasteiger partial charge in [0.15, 0.2) is 0 Å². The minimum Gasteiger partial charge on any atom is -0.258 e. The average molecular weight is 498 g/mol. The van der Waals surface area contributed by atoms with Gasteiger partial charge in [-0.2, -0.15) is 0 Å². The lowest BCUT2D eigenvalue weighted by Crippen LogP contribution is -2.26. The van der Waals surface area contributed by atoms with Crippen LogP contribution in [-0.2, 0) is 39.5 Å². The highest BCUT2D eigenvalue weighted by Gasteiger charge is 2.64. The second kappa shape index (κ2) is 5.66. The summed E-state index contributed by atoms with van der Waals surface area (Å²) >= 11 is 27.1. The molecule has 14 heteroatoms. The molecule has 0 saturated carbocycles. The molecular formula is C8H6NO2P3S8. The van der Waals surface area contributed by atoms with Crippen molar-refractivity contribution in [3.8, 4) is 0 Å². The van der Waals surface area contributed by atoms with Crippen molar-refractivity contribution in [3.05, 3.63) is 39.9 Å². The van der Waals surface area contributed by atoms with Crippen LogP contribution in [-0.4, -0.2) is 11.1 Å². The predicted molar refractivity (Wildman–Crippen MR) is 120 cm³/mol. The van der Waals surface area contributed by atoms with Gasteiger partial charge >= 0.3 is 0 Å². The topological polar surface area (TPSA) is 43.1 Å². The molecular weight excluding hydrogens is 492 g/mol. The van der Waals surface area contributed by atoms with Gasteiger partial charge in [0.1, 0.15) is 11.4 Å². The summed E-state index contributed by atoms with van der Waals surface area (Å²) in [4.78, 5) is 10.8. The van der Waals surface area contributed by atoms with Crippen LogP contribution in [0.2, 0.25) is 0 Å². The fourth-order valence-electron chi connectivity index (χ4n) is 2.34. The predicted octanol–water partition coefficient (Wildman–Crippen LogP) is 7.21. The molecule has 4 bridgehead atoms. The largest absolute Gasteiger partial charge is 0.269 e. The van der Waals surface area contributed by atoms with Crippen LogP contribution in [0.15, 0.2) is 24.3 Å². The van der Waals surface area contributed by atoms with E-state index in [-0.39, 0.29) is 14.7 Å². The van der Waals surface area contributed by atoms with Crippen LogP contribution >= 0.6 is 67.5 Å². The zero-order chi connectivity index (χ0) is 15.8. The summed E-state index contributed by atoms with van der Waals surface area (Å²) in [5.74, 6) is 0. The van der Waals surface area contributed by atoms with Crippen molar-refractivity contribution in [3.63, 3.8) is 0 Å². The van der Waals surface area contributed by atoms with Gasteiger partial charge in [0.25, 0.3) is 5.69 Å². The summed E-state index contributed by atoms with van der Waals surface area (Å²) in [5.41, 5.74) is 1.11. The maximum Gasteiger partial charge on any atom is 0.269 e. The first-order valence-corrected chi connectivity index (χ1v) is 23.3. The molecule has 1 aromatic carbocycles. The van der Waals surface area contributed by atoms with E-state index in [1.807, 2.05) is 61.8 Å². The van der Waals surface area contributed by atoms with Crippen LogP contribution in [0, 0.1) is 10.1 Å². The fourth-order valence-corrected chi connectivity index (χ4v) is 124. The number of hydrogen-bond donors (Lipinski definition) is 0. The molecule has 2 atom stereocenters. The van der Waals surface area contributed by atoms with E-state index in [2.05, 4.69) is 0 Å². The monoisotopic (exact) mass is 497 g/mol. The highest BCUT2D eigenvalue weighted by atomic mass is 33.9. The van der Waals surface area contributed by atoms with Crippen molar-refractivity contribution in [2.24, 2.45) is 0 Å². The quantitative estimate of drug-likeness (QED) is 0.238. The second-order valence-electron chi connectivity index (χ2n) is 4.65. The zero-order valence-corrected chi connectivity index (χ0v) is 19.6. The van der Waals surface area contributed by atoms with Gasteiger partial charge in [-0.05, 0) is 16.6 Å². The van der Waals surface area contributed by atoms with Gasteiger partial charge in [-0.1, -0.05) is 92.3 Å². The van der Waals surface area contributed by atoms with Crippen LogP contribution in [0.3, 0.4) is 0 Å². The third-order valence-corrected chi connectivity index (χ3v) is 61.5. The number of benzene rings is 1. The van der Waals surface area contributed by atoms with E-state index in [1.165, 1.54) is 6.07 Å². The molecule has 4 saturated heterocycles. The van der Waals surface area contributed by atoms with E-state index in [0.717, 1.165) is 11.7 Å². The van der Waals surface area contributed by atoms with Crippen molar-refractivity contribution in [2.75, 3.05) is 6.16 Å². The molecule has 4 heterocycles. The van der Waals surface area contributed by atoms with E-state index in [4.69, 9.17) is 35.4 Å². The Hall–Kier alpha value is 2.32. The van der Waals surface area contributed by atoms with E-state index in [1.54, 1.807) is 12.1 Å². The van der Waals surface area contributed by atoms with Gasteiger partial charge in [0, 0.05) is 18.3 Å². The molecule has 2 unspecified atom stereocenters. The summed E-state index contributed by atoms with van der Waals surface area (Å²) in [6, 6.07) is 6.97. The number of non-ortho nitro benzene ring substituents is 1. The van der Waals surface area contributed by atoms with Gasteiger partial charge in [-0.15, -0.1) is 0 Å². The number of rotatable bonds is 2. The van der Waals surface area contributed by atoms with Gasteiger partial charge < -0.3 is 0 Å². The van der Waals surface area contributed by atoms with Crippen molar-refractivity contribution < 1.29 is 4.92 Å². The Morgan fingerprint density at radius 1 is 1.14 bits per heavy atom. The van der Waals surface area contributed by atoms with Crippen molar-refractivity contribution >= 4 is 109 Å².